The van der Waals surface area contributed by atoms with E-state index in [1.165, 1.54) is 19.3 Å². The first kappa shape index (κ1) is 6.94. The predicted octanol–water partition coefficient (Wildman–Crippen LogP) is 3.16. The van der Waals surface area contributed by atoms with Crippen LogP contribution in [0.1, 0.15) is 26.2 Å². The Morgan fingerprint density at radius 3 is 2.92 bits per heavy atom. The number of hydrogen-bond donors (Lipinski definition) is 0. The molecule has 0 aromatic rings. The first-order valence-electron chi connectivity index (χ1n) is 5.16. The minimum atomic E-state index is 0.830. The van der Waals surface area contributed by atoms with E-state index in [9.17, 15) is 0 Å². The maximum atomic E-state index is 3.95. The fourth-order valence-electron chi connectivity index (χ4n) is 3.72. The summed E-state index contributed by atoms with van der Waals surface area (Å²) in [5, 5.41) is 0. The van der Waals surface area contributed by atoms with Crippen LogP contribution in [0.25, 0.3) is 0 Å². The molecule has 1 fully saturated rings. The molecule has 0 heterocycles. The fourth-order valence-corrected chi connectivity index (χ4v) is 3.72. The second kappa shape index (κ2) is 2.04. The molecule has 0 amide bonds. The highest BCUT2D eigenvalue weighted by Gasteiger charge is 2.49. The second-order valence-corrected chi connectivity index (χ2v) is 4.76. The van der Waals surface area contributed by atoms with Crippen molar-refractivity contribution in [3.63, 3.8) is 0 Å². The van der Waals surface area contributed by atoms with Gasteiger partial charge in [0.1, 0.15) is 0 Å². The van der Waals surface area contributed by atoms with Gasteiger partial charge in [0.15, 0.2) is 0 Å². The largest absolute Gasteiger partial charge is 0.103 e. The fraction of sp³-hybridized carbons (Fsp3) is 0.667. The van der Waals surface area contributed by atoms with E-state index >= 15 is 0 Å². The van der Waals surface area contributed by atoms with E-state index in [1.807, 2.05) is 11.1 Å². The quantitative estimate of drug-likeness (QED) is 0.517. The first-order valence-corrected chi connectivity index (χ1v) is 5.16. The summed E-state index contributed by atoms with van der Waals surface area (Å²) in [6.07, 6.45) is 6.49. The van der Waals surface area contributed by atoms with Crippen LogP contribution in [0.4, 0.5) is 0 Å². The zero-order valence-electron chi connectivity index (χ0n) is 7.72. The molecule has 3 aliphatic rings. The Morgan fingerprint density at radius 1 is 1.42 bits per heavy atom. The van der Waals surface area contributed by atoms with Crippen molar-refractivity contribution < 1.29 is 0 Å². The van der Waals surface area contributed by atoms with Crippen LogP contribution >= 0.6 is 0 Å². The lowest BCUT2D eigenvalue weighted by Gasteiger charge is -2.37. The third-order valence-electron chi connectivity index (χ3n) is 4.23. The van der Waals surface area contributed by atoms with E-state index in [0.717, 1.165) is 23.7 Å². The van der Waals surface area contributed by atoms with Crippen LogP contribution in [0, 0.1) is 23.7 Å². The summed E-state index contributed by atoms with van der Waals surface area (Å²) in [5.74, 6) is 3.64. The number of hydrogen-bond acceptors (Lipinski definition) is 0. The highest BCUT2D eigenvalue weighted by Crippen LogP contribution is 2.61. The van der Waals surface area contributed by atoms with E-state index in [-0.39, 0.29) is 0 Å². The standard InChI is InChI=1S/C12H16/c1-3-8-5-9-6-11(8)12-7(2)4-10(9)12/h3,7-9,11H,1,4-6H2,2H3. The Bertz CT molecular complexity index is 272. The van der Waals surface area contributed by atoms with Gasteiger partial charge in [-0.15, -0.1) is 6.58 Å². The normalized spacial score (nSPS) is 49.1. The molecular formula is C12H16. The molecule has 0 N–H and O–H groups in total. The zero-order chi connectivity index (χ0) is 8.29. The van der Waals surface area contributed by atoms with E-state index in [0.29, 0.717) is 0 Å². The van der Waals surface area contributed by atoms with Gasteiger partial charge in [-0.3, -0.25) is 0 Å². The summed E-state index contributed by atoms with van der Waals surface area (Å²) in [5.41, 5.74) is 3.70. The third-order valence-corrected chi connectivity index (χ3v) is 4.23. The maximum absolute atomic E-state index is 3.95. The third kappa shape index (κ3) is 0.608. The smallest absolute Gasteiger partial charge is 0.0129 e. The highest BCUT2D eigenvalue weighted by molar-refractivity contribution is 5.40. The van der Waals surface area contributed by atoms with Gasteiger partial charge in [0, 0.05) is 0 Å². The summed E-state index contributed by atoms with van der Waals surface area (Å²) in [7, 11) is 0. The van der Waals surface area contributed by atoms with Crippen LogP contribution in [-0.2, 0) is 0 Å². The van der Waals surface area contributed by atoms with Gasteiger partial charge >= 0.3 is 0 Å². The van der Waals surface area contributed by atoms with Crippen molar-refractivity contribution in [2.75, 3.05) is 0 Å². The zero-order valence-corrected chi connectivity index (χ0v) is 7.72. The van der Waals surface area contributed by atoms with E-state index in [2.05, 4.69) is 19.6 Å². The summed E-state index contributed by atoms with van der Waals surface area (Å²) < 4.78 is 0. The molecule has 0 nitrogen and oxygen atoms in total. The molecule has 0 heteroatoms. The van der Waals surface area contributed by atoms with E-state index < -0.39 is 0 Å². The summed E-state index contributed by atoms with van der Waals surface area (Å²) in [6.45, 7) is 6.34. The topological polar surface area (TPSA) is 0 Å². The predicted molar refractivity (Wildman–Crippen MR) is 50.7 cm³/mol. The van der Waals surface area contributed by atoms with Crippen LogP contribution in [0.5, 0.6) is 0 Å². The molecule has 4 atom stereocenters. The SMILES string of the molecule is C=CC1CC2CC1C1=C2CC1C. The van der Waals surface area contributed by atoms with Crippen molar-refractivity contribution in [2.24, 2.45) is 23.7 Å². The molecule has 0 aliphatic heterocycles. The molecule has 0 aromatic carbocycles. The lowest BCUT2D eigenvalue weighted by Crippen LogP contribution is -2.25. The van der Waals surface area contributed by atoms with Gasteiger partial charge in [-0.25, -0.2) is 0 Å². The van der Waals surface area contributed by atoms with Gasteiger partial charge in [0.25, 0.3) is 0 Å². The van der Waals surface area contributed by atoms with Crippen LogP contribution in [0.15, 0.2) is 23.8 Å². The van der Waals surface area contributed by atoms with Crippen molar-refractivity contribution in [1.82, 2.24) is 0 Å². The molecule has 12 heavy (non-hydrogen) atoms. The molecule has 2 bridgehead atoms. The minimum Gasteiger partial charge on any atom is -0.103 e. The Hall–Kier alpha value is -0.520. The van der Waals surface area contributed by atoms with Gasteiger partial charge < -0.3 is 0 Å². The van der Waals surface area contributed by atoms with Crippen molar-refractivity contribution in [3.05, 3.63) is 23.8 Å². The maximum Gasteiger partial charge on any atom is -0.0129 e. The summed E-state index contributed by atoms with van der Waals surface area (Å²) in [6, 6.07) is 0. The van der Waals surface area contributed by atoms with Gasteiger partial charge in [0.2, 0.25) is 0 Å². The molecular weight excluding hydrogens is 144 g/mol. The molecule has 64 valence electrons. The molecule has 0 saturated heterocycles. The summed E-state index contributed by atoms with van der Waals surface area (Å²) in [4.78, 5) is 0. The molecule has 1 saturated carbocycles. The van der Waals surface area contributed by atoms with Crippen LogP contribution < -0.4 is 0 Å². The van der Waals surface area contributed by atoms with Crippen molar-refractivity contribution in [2.45, 2.75) is 26.2 Å². The van der Waals surface area contributed by atoms with E-state index in [4.69, 9.17) is 0 Å². The average Bonchev–Trinajstić information content (AvgIpc) is 2.54. The number of allylic oxidation sites excluding steroid dienone is 3. The summed E-state index contributed by atoms with van der Waals surface area (Å²) >= 11 is 0. The van der Waals surface area contributed by atoms with Gasteiger partial charge in [0.05, 0.1) is 0 Å². The van der Waals surface area contributed by atoms with Crippen molar-refractivity contribution in [1.29, 1.82) is 0 Å². The van der Waals surface area contributed by atoms with Crippen molar-refractivity contribution in [3.8, 4) is 0 Å². The second-order valence-electron chi connectivity index (χ2n) is 4.76. The van der Waals surface area contributed by atoms with Crippen LogP contribution in [-0.4, -0.2) is 0 Å². The highest BCUT2D eigenvalue weighted by atomic mass is 14.5. The number of rotatable bonds is 1. The lowest BCUT2D eigenvalue weighted by atomic mass is 9.68. The van der Waals surface area contributed by atoms with Gasteiger partial charge in [-0.1, -0.05) is 24.1 Å². The Labute approximate surface area is 74.4 Å². The molecule has 3 rings (SSSR count). The lowest BCUT2D eigenvalue weighted by molar-refractivity contribution is 0.404. The Kier molecular flexibility index (Phi) is 1.18. The number of fused-ring (bicyclic) bond motifs is 4. The van der Waals surface area contributed by atoms with Crippen molar-refractivity contribution >= 4 is 0 Å². The Balaban J connectivity index is 1.98. The monoisotopic (exact) mass is 160 g/mol. The molecule has 0 spiro atoms. The van der Waals surface area contributed by atoms with Crippen LogP contribution in [0.3, 0.4) is 0 Å². The van der Waals surface area contributed by atoms with Gasteiger partial charge in [-0.2, -0.15) is 0 Å². The Morgan fingerprint density at radius 2 is 2.25 bits per heavy atom. The van der Waals surface area contributed by atoms with Gasteiger partial charge in [-0.05, 0) is 42.9 Å². The molecule has 4 unspecified atom stereocenters. The van der Waals surface area contributed by atoms with E-state index in [1.54, 1.807) is 0 Å². The molecule has 0 radical (unpaired) electrons. The average molecular weight is 160 g/mol. The first-order chi connectivity index (χ1) is 5.81. The minimum absolute atomic E-state index is 0.830. The van der Waals surface area contributed by atoms with Crippen LogP contribution in [0.2, 0.25) is 0 Å². The molecule has 3 aliphatic carbocycles. The molecule has 0 aromatic heterocycles.